The van der Waals surface area contributed by atoms with Gasteiger partial charge < -0.3 is 4.52 Å². The molecule has 0 amide bonds. The molecule has 0 aliphatic heterocycles. The fourth-order valence-corrected chi connectivity index (χ4v) is 6.35. The van der Waals surface area contributed by atoms with E-state index < -0.39 is 7.52 Å². The second kappa shape index (κ2) is 8.03. The predicted molar refractivity (Wildman–Crippen MR) is 106 cm³/mol. The molecule has 1 heterocycles. The number of rotatable bonds is 6. The molecular weight excluding hydrogens is 351 g/mol. The van der Waals surface area contributed by atoms with Crippen molar-refractivity contribution in [3.8, 4) is 0 Å². The number of hydrogen-bond donors (Lipinski definition) is 1. The van der Waals surface area contributed by atoms with Crippen LogP contribution in [0.25, 0.3) is 0 Å². The highest BCUT2D eigenvalue weighted by Gasteiger charge is 2.38. The van der Waals surface area contributed by atoms with Crippen LogP contribution in [0.1, 0.15) is 40.0 Å². The van der Waals surface area contributed by atoms with E-state index in [0.717, 1.165) is 12.8 Å². The molecule has 0 unspecified atom stereocenters. The molecule has 0 radical (unpaired) electrons. The summed E-state index contributed by atoms with van der Waals surface area (Å²) in [6.45, 7) is 6.73. The zero-order valence-electron chi connectivity index (χ0n) is 15.1. The molecule has 0 bridgehead atoms. The fraction of sp³-hybridized carbons (Fsp3) is 0.526. The molecule has 6 heteroatoms. The van der Waals surface area contributed by atoms with E-state index >= 15 is 0 Å². The maximum Gasteiger partial charge on any atom is 0.326 e. The van der Waals surface area contributed by atoms with E-state index in [1.54, 1.807) is 6.20 Å². The minimum absolute atomic E-state index is 0.00208. The highest BCUT2D eigenvalue weighted by molar-refractivity contribution is 7.68. The maximum absolute atomic E-state index is 13.9. The van der Waals surface area contributed by atoms with E-state index in [2.05, 4.69) is 30.8 Å². The Morgan fingerprint density at radius 1 is 1.28 bits per heavy atom. The summed E-state index contributed by atoms with van der Waals surface area (Å²) < 4.78 is 20.3. The van der Waals surface area contributed by atoms with E-state index in [1.165, 1.54) is 17.8 Å². The Kier molecular flexibility index (Phi) is 5.98. The summed E-state index contributed by atoms with van der Waals surface area (Å²) in [4.78, 5) is 4.24. The number of hydrogen-bond acceptors (Lipinski definition) is 4. The summed E-state index contributed by atoms with van der Waals surface area (Å²) in [5, 5.41) is 6.32. The van der Waals surface area contributed by atoms with Crippen LogP contribution in [0.4, 0.5) is 5.13 Å². The minimum atomic E-state index is -3.23. The monoisotopic (exact) mass is 378 g/mol. The van der Waals surface area contributed by atoms with E-state index in [4.69, 9.17) is 4.52 Å². The first-order valence-corrected chi connectivity index (χ1v) is 11.5. The lowest BCUT2D eigenvalue weighted by atomic mass is 9.75. The van der Waals surface area contributed by atoms with Gasteiger partial charge >= 0.3 is 7.52 Å². The van der Waals surface area contributed by atoms with E-state index in [-0.39, 0.29) is 6.10 Å². The third kappa shape index (κ3) is 4.52. The van der Waals surface area contributed by atoms with Crippen molar-refractivity contribution in [3.05, 3.63) is 41.9 Å². The van der Waals surface area contributed by atoms with Crippen LogP contribution in [0.15, 0.2) is 41.9 Å². The SMILES string of the molecule is CC(C)[C@H]1CC[C@@H](C)C[C@H]1O[P@](=O)(Nc1nccs1)c1ccccc1. The molecule has 0 saturated heterocycles. The molecular formula is C19H27N2O2PS. The van der Waals surface area contributed by atoms with Crippen molar-refractivity contribution in [2.45, 2.75) is 46.1 Å². The highest BCUT2D eigenvalue weighted by Crippen LogP contribution is 2.51. The molecule has 1 N–H and O–H groups in total. The van der Waals surface area contributed by atoms with Gasteiger partial charge in [-0.2, -0.15) is 0 Å². The topological polar surface area (TPSA) is 51.2 Å². The molecule has 2 aromatic rings. The van der Waals surface area contributed by atoms with Crippen molar-refractivity contribution in [1.29, 1.82) is 0 Å². The van der Waals surface area contributed by atoms with Crippen LogP contribution in [0.5, 0.6) is 0 Å². The molecule has 1 saturated carbocycles. The molecule has 1 fully saturated rings. The number of anilines is 1. The quantitative estimate of drug-likeness (QED) is 0.670. The second-order valence-corrected chi connectivity index (χ2v) is 10.3. The Morgan fingerprint density at radius 2 is 2.04 bits per heavy atom. The van der Waals surface area contributed by atoms with Gasteiger partial charge in [-0.05, 0) is 42.7 Å². The van der Waals surface area contributed by atoms with Crippen molar-refractivity contribution < 1.29 is 9.09 Å². The summed E-state index contributed by atoms with van der Waals surface area (Å²) in [7, 11) is -3.23. The van der Waals surface area contributed by atoms with Gasteiger partial charge in [-0.3, -0.25) is 9.65 Å². The van der Waals surface area contributed by atoms with Crippen LogP contribution in [0.2, 0.25) is 0 Å². The van der Waals surface area contributed by atoms with Crippen LogP contribution in [0.3, 0.4) is 0 Å². The number of nitrogens with zero attached hydrogens (tertiary/aromatic N) is 1. The molecule has 136 valence electrons. The van der Waals surface area contributed by atoms with Gasteiger partial charge in [-0.15, -0.1) is 11.3 Å². The van der Waals surface area contributed by atoms with Crippen LogP contribution in [0, 0.1) is 17.8 Å². The predicted octanol–water partition coefficient (Wildman–Crippen LogP) is 5.55. The van der Waals surface area contributed by atoms with Gasteiger partial charge in [0.2, 0.25) is 0 Å². The minimum Gasteiger partial charge on any atom is -0.306 e. The van der Waals surface area contributed by atoms with Crippen LogP contribution >= 0.6 is 18.9 Å². The standard InChI is InChI=1S/C19H27N2O2PS/c1-14(2)17-10-9-15(3)13-18(17)23-24(22,16-7-5-4-6-8-16)21-19-20-11-12-25-19/h4-8,11-12,14-15,17-18H,9-10,13H2,1-3H3,(H,20,21,22)/t15-,17-,18-,24+/m1/s1. The zero-order valence-corrected chi connectivity index (χ0v) is 16.8. The highest BCUT2D eigenvalue weighted by atomic mass is 32.1. The smallest absolute Gasteiger partial charge is 0.306 e. The molecule has 25 heavy (non-hydrogen) atoms. The number of nitrogens with one attached hydrogen (secondary N) is 1. The summed E-state index contributed by atoms with van der Waals surface area (Å²) in [6.07, 6.45) is 5.02. The van der Waals surface area contributed by atoms with Gasteiger partial charge in [0.15, 0.2) is 5.13 Å². The lowest BCUT2D eigenvalue weighted by Gasteiger charge is -2.38. The Morgan fingerprint density at radius 3 is 2.68 bits per heavy atom. The van der Waals surface area contributed by atoms with E-state index in [9.17, 15) is 4.57 Å². The molecule has 3 rings (SSSR count). The van der Waals surface area contributed by atoms with Gasteiger partial charge in [-0.1, -0.05) is 45.4 Å². The summed E-state index contributed by atoms with van der Waals surface area (Å²) >= 11 is 1.44. The Hall–Kier alpha value is -1.16. The molecule has 1 aromatic heterocycles. The Balaban J connectivity index is 1.90. The number of thiazole rings is 1. The normalized spacial score (nSPS) is 26.3. The zero-order chi connectivity index (χ0) is 17.9. The Labute approximate surface area is 154 Å². The van der Waals surface area contributed by atoms with Crippen molar-refractivity contribution in [3.63, 3.8) is 0 Å². The molecule has 1 aliphatic rings. The van der Waals surface area contributed by atoms with Crippen molar-refractivity contribution in [1.82, 2.24) is 4.98 Å². The molecule has 4 nitrogen and oxygen atoms in total. The fourth-order valence-electron chi connectivity index (χ4n) is 3.61. The van der Waals surface area contributed by atoms with Gasteiger partial charge in [-0.25, -0.2) is 4.98 Å². The van der Waals surface area contributed by atoms with Crippen LogP contribution in [-0.2, 0) is 9.09 Å². The van der Waals surface area contributed by atoms with E-state index in [1.807, 2.05) is 35.7 Å². The van der Waals surface area contributed by atoms with Crippen molar-refractivity contribution in [2.75, 3.05) is 5.09 Å². The average molecular weight is 378 g/mol. The first-order valence-electron chi connectivity index (χ1n) is 9.00. The van der Waals surface area contributed by atoms with Gasteiger partial charge in [0, 0.05) is 11.6 Å². The van der Waals surface area contributed by atoms with Gasteiger partial charge in [0.25, 0.3) is 0 Å². The van der Waals surface area contributed by atoms with Crippen molar-refractivity contribution >= 4 is 29.3 Å². The van der Waals surface area contributed by atoms with E-state index in [0.29, 0.717) is 28.2 Å². The maximum atomic E-state index is 13.9. The van der Waals surface area contributed by atoms with Crippen LogP contribution < -0.4 is 10.4 Å². The first kappa shape index (κ1) is 18.6. The first-order chi connectivity index (χ1) is 12.0. The second-order valence-electron chi connectivity index (χ2n) is 7.31. The lowest BCUT2D eigenvalue weighted by molar-refractivity contribution is 0.0506. The summed E-state index contributed by atoms with van der Waals surface area (Å²) in [5.74, 6) is 1.55. The summed E-state index contributed by atoms with van der Waals surface area (Å²) in [5.41, 5.74) is 0. The lowest BCUT2D eigenvalue weighted by Crippen LogP contribution is -2.35. The average Bonchev–Trinajstić information content (AvgIpc) is 3.08. The molecule has 4 atom stereocenters. The summed E-state index contributed by atoms with van der Waals surface area (Å²) in [6, 6.07) is 9.48. The van der Waals surface area contributed by atoms with Crippen LogP contribution in [-0.4, -0.2) is 11.1 Å². The number of aromatic nitrogens is 1. The Bertz CT molecular complexity index is 705. The van der Waals surface area contributed by atoms with Gasteiger partial charge in [0.05, 0.1) is 11.4 Å². The van der Waals surface area contributed by atoms with Gasteiger partial charge in [0.1, 0.15) is 0 Å². The van der Waals surface area contributed by atoms with Crippen molar-refractivity contribution in [2.24, 2.45) is 17.8 Å². The third-order valence-corrected chi connectivity index (χ3v) is 7.91. The molecule has 1 aliphatic carbocycles. The molecule has 0 spiro atoms. The largest absolute Gasteiger partial charge is 0.326 e. The third-order valence-electron chi connectivity index (χ3n) is 5.02. The molecule has 1 aromatic carbocycles. The number of benzene rings is 1.